The maximum absolute atomic E-state index is 13.2. The van der Waals surface area contributed by atoms with Crippen LogP contribution >= 0.6 is 0 Å². The molecule has 0 bridgehead atoms. The number of nitrogens with zero attached hydrogens (tertiary/aromatic N) is 1. The van der Waals surface area contributed by atoms with Crippen molar-refractivity contribution in [2.75, 3.05) is 20.1 Å². The highest BCUT2D eigenvalue weighted by Crippen LogP contribution is 2.51. The maximum Gasteiger partial charge on any atom is 0.230 e. The average Bonchev–Trinajstić information content (AvgIpc) is 3.13. The van der Waals surface area contributed by atoms with Crippen LogP contribution in [0.15, 0.2) is 23.6 Å². The molecule has 2 aliphatic carbocycles. The van der Waals surface area contributed by atoms with Gasteiger partial charge in [0.1, 0.15) is 11.4 Å². The van der Waals surface area contributed by atoms with Crippen LogP contribution in [0.5, 0.6) is 0 Å². The quantitative estimate of drug-likeness (QED) is 0.803. The van der Waals surface area contributed by atoms with Gasteiger partial charge in [-0.15, -0.1) is 0 Å². The summed E-state index contributed by atoms with van der Waals surface area (Å²) >= 11 is 0. The van der Waals surface area contributed by atoms with Crippen molar-refractivity contribution >= 4 is 5.91 Å². The fraction of sp³-hybridized carbons (Fsp3) is 0.750. The lowest BCUT2D eigenvalue weighted by Gasteiger charge is -2.35. The van der Waals surface area contributed by atoms with Crippen LogP contribution in [-0.2, 0) is 9.53 Å². The molecule has 0 spiro atoms. The largest absolute Gasteiger partial charge is 0.490 e. The zero-order valence-electron chi connectivity index (χ0n) is 15.8. The Kier molecular flexibility index (Phi) is 3.73. The number of hydrogen-bond donors (Lipinski definition) is 2. The molecule has 5 heteroatoms. The van der Waals surface area contributed by atoms with E-state index in [1.165, 1.54) is 13.1 Å². The van der Waals surface area contributed by atoms with Crippen LogP contribution in [-0.4, -0.2) is 42.6 Å². The summed E-state index contributed by atoms with van der Waals surface area (Å²) in [6, 6.07) is 0.309. The van der Waals surface area contributed by atoms with Crippen molar-refractivity contribution in [3.05, 3.63) is 23.6 Å². The van der Waals surface area contributed by atoms with E-state index in [0.29, 0.717) is 11.7 Å². The van der Waals surface area contributed by atoms with Crippen molar-refractivity contribution in [3.8, 4) is 0 Å². The summed E-state index contributed by atoms with van der Waals surface area (Å²) in [6.07, 6.45) is 6.87. The number of allylic oxidation sites excluding steroid dienone is 2. The SMILES string of the molecule is CN1CC2CC(NC(=O)C3(C)C=CC(N)=C4OC(C)(C)CC43)CC2C1. The Morgan fingerprint density at radius 1 is 1.28 bits per heavy atom. The monoisotopic (exact) mass is 345 g/mol. The van der Waals surface area contributed by atoms with Crippen LogP contribution in [0.3, 0.4) is 0 Å². The Labute approximate surface area is 150 Å². The lowest BCUT2D eigenvalue weighted by molar-refractivity contribution is -0.130. The zero-order valence-corrected chi connectivity index (χ0v) is 15.8. The number of ether oxygens (including phenoxy) is 1. The number of likely N-dealkylation sites (tertiary alicyclic amines) is 1. The molecule has 4 rings (SSSR count). The molecule has 5 nitrogen and oxygen atoms in total. The molecule has 0 radical (unpaired) electrons. The number of hydrogen-bond acceptors (Lipinski definition) is 4. The zero-order chi connectivity index (χ0) is 18.0. The van der Waals surface area contributed by atoms with Crippen LogP contribution < -0.4 is 11.1 Å². The average molecular weight is 345 g/mol. The summed E-state index contributed by atoms with van der Waals surface area (Å²) in [4.78, 5) is 15.6. The van der Waals surface area contributed by atoms with Crippen LogP contribution in [0.2, 0.25) is 0 Å². The van der Waals surface area contributed by atoms with Gasteiger partial charge in [-0.2, -0.15) is 0 Å². The predicted octanol–water partition coefficient (Wildman–Crippen LogP) is 2.00. The Bertz CT molecular complexity index is 639. The molecule has 3 N–H and O–H groups in total. The highest BCUT2D eigenvalue weighted by molar-refractivity contribution is 5.86. The molecule has 0 aromatic rings. The Morgan fingerprint density at radius 2 is 1.92 bits per heavy atom. The Balaban J connectivity index is 1.48. The van der Waals surface area contributed by atoms with Crippen molar-refractivity contribution in [1.82, 2.24) is 10.2 Å². The third kappa shape index (κ3) is 2.77. The molecule has 2 saturated heterocycles. The minimum absolute atomic E-state index is 0.0273. The third-order valence-electron chi connectivity index (χ3n) is 6.77. The van der Waals surface area contributed by atoms with Gasteiger partial charge in [-0.05, 0) is 65.0 Å². The van der Waals surface area contributed by atoms with Crippen molar-refractivity contribution in [1.29, 1.82) is 0 Å². The normalized spacial score (nSPS) is 42.2. The van der Waals surface area contributed by atoms with Crippen molar-refractivity contribution in [2.24, 2.45) is 28.9 Å². The van der Waals surface area contributed by atoms with E-state index in [-0.39, 0.29) is 17.4 Å². The first-order chi connectivity index (χ1) is 11.7. The molecular weight excluding hydrogens is 314 g/mol. The molecule has 2 aliphatic heterocycles. The van der Waals surface area contributed by atoms with Gasteiger partial charge in [-0.3, -0.25) is 4.79 Å². The minimum atomic E-state index is -0.583. The standard InChI is InChI=1S/C20H31N3O2/c1-19(2)9-15-17(25-19)16(21)5-6-20(15,3)18(24)22-14-7-12-10-23(4)11-13(12)8-14/h5-6,12-15H,7-11,21H2,1-4H3,(H,22,24). The van der Waals surface area contributed by atoms with E-state index in [0.717, 1.165) is 36.9 Å². The number of carbonyl (C=O) groups is 1. The first-order valence-corrected chi connectivity index (χ1v) is 9.55. The van der Waals surface area contributed by atoms with E-state index >= 15 is 0 Å². The summed E-state index contributed by atoms with van der Waals surface area (Å²) < 4.78 is 6.07. The number of rotatable bonds is 2. The second kappa shape index (κ2) is 5.50. The van der Waals surface area contributed by atoms with Crippen LogP contribution in [0.4, 0.5) is 0 Å². The van der Waals surface area contributed by atoms with Gasteiger partial charge in [0.25, 0.3) is 0 Å². The van der Waals surface area contributed by atoms with E-state index in [4.69, 9.17) is 10.5 Å². The van der Waals surface area contributed by atoms with E-state index < -0.39 is 5.41 Å². The van der Waals surface area contributed by atoms with Gasteiger partial charge in [-0.1, -0.05) is 6.08 Å². The van der Waals surface area contributed by atoms with Crippen LogP contribution in [0.25, 0.3) is 0 Å². The number of carbonyl (C=O) groups excluding carboxylic acids is 1. The summed E-state index contributed by atoms with van der Waals surface area (Å²) in [5.41, 5.74) is 5.94. The second-order valence-corrected chi connectivity index (χ2v) is 9.44. The number of fused-ring (bicyclic) bond motifs is 2. The van der Waals surface area contributed by atoms with Gasteiger partial charge in [0.15, 0.2) is 0 Å². The van der Waals surface area contributed by atoms with Gasteiger partial charge in [0, 0.05) is 25.0 Å². The van der Waals surface area contributed by atoms with Crippen LogP contribution in [0.1, 0.15) is 40.0 Å². The van der Waals surface area contributed by atoms with Crippen molar-refractivity contribution in [2.45, 2.75) is 51.7 Å². The number of nitrogens with two attached hydrogens (primary N) is 1. The molecule has 0 aromatic heterocycles. The van der Waals surface area contributed by atoms with E-state index in [1.807, 2.05) is 19.1 Å². The third-order valence-corrected chi connectivity index (χ3v) is 6.77. The van der Waals surface area contributed by atoms with Crippen molar-refractivity contribution in [3.63, 3.8) is 0 Å². The van der Waals surface area contributed by atoms with Crippen molar-refractivity contribution < 1.29 is 9.53 Å². The van der Waals surface area contributed by atoms with Crippen LogP contribution in [0, 0.1) is 23.2 Å². The van der Waals surface area contributed by atoms with E-state index in [1.54, 1.807) is 0 Å². The summed E-state index contributed by atoms with van der Waals surface area (Å²) in [5.74, 6) is 2.43. The first kappa shape index (κ1) is 17.0. The molecule has 0 aromatic carbocycles. The fourth-order valence-corrected chi connectivity index (χ4v) is 5.43. The lowest BCUT2D eigenvalue weighted by atomic mass is 9.69. The number of nitrogens with one attached hydrogen (secondary N) is 1. The molecule has 4 unspecified atom stereocenters. The Hall–Kier alpha value is -1.49. The molecular formula is C20H31N3O2. The van der Waals surface area contributed by atoms with Gasteiger partial charge < -0.3 is 20.7 Å². The highest BCUT2D eigenvalue weighted by atomic mass is 16.5. The smallest absolute Gasteiger partial charge is 0.230 e. The maximum atomic E-state index is 13.2. The predicted molar refractivity (Wildman–Crippen MR) is 97.4 cm³/mol. The number of amides is 1. The summed E-state index contributed by atoms with van der Waals surface area (Å²) in [7, 11) is 2.19. The summed E-state index contributed by atoms with van der Waals surface area (Å²) in [6.45, 7) is 8.51. The second-order valence-electron chi connectivity index (χ2n) is 9.44. The minimum Gasteiger partial charge on any atom is -0.490 e. The topological polar surface area (TPSA) is 67.6 Å². The molecule has 1 saturated carbocycles. The first-order valence-electron chi connectivity index (χ1n) is 9.55. The van der Waals surface area contributed by atoms with Gasteiger partial charge >= 0.3 is 0 Å². The summed E-state index contributed by atoms with van der Waals surface area (Å²) in [5, 5.41) is 3.36. The van der Waals surface area contributed by atoms with E-state index in [2.05, 4.69) is 31.1 Å². The molecule has 4 atom stereocenters. The molecule has 2 heterocycles. The molecule has 3 fully saturated rings. The molecule has 138 valence electrons. The fourth-order valence-electron chi connectivity index (χ4n) is 5.43. The lowest BCUT2D eigenvalue weighted by Crippen LogP contribution is -2.47. The molecule has 4 aliphatic rings. The van der Waals surface area contributed by atoms with E-state index in [9.17, 15) is 4.79 Å². The van der Waals surface area contributed by atoms with Gasteiger partial charge in [-0.25, -0.2) is 0 Å². The highest BCUT2D eigenvalue weighted by Gasteiger charge is 2.52. The van der Waals surface area contributed by atoms with Gasteiger partial charge in [0.05, 0.1) is 11.1 Å². The molecule has 25 heavy (non-hydrogen) atoms. The Morgan fingerprint density at radius 3 is 2.56 bits per heavy atom. The van der Waals surface area contributed by atoms with Gasteiger partial charge in [0.2, 0.25) is 5.91 Å². The molecule has 1 amide bonds.